The van der Waals surface area contributed by atoms with Crippen molar-refractivity contribution in [2.24, 2.45) is 5.92 Å². The molecule has 0 amide bonds. The van der Waals surface area contributed by atoms with E-state index in [1.807, 2.05) is 25.1 Å². The zero-order valence-corrected chi connectivity index (χ0v) is 21.3. The highest BCUT2D eigenvalue weighted by Gasteiger charge is 2.44. The molecular formula is C24H25N3O8S2. The van der Waals surface area contributed by atoms with Gasteiger partial charge in [-0.1, -0.05) is 6.07 Å². The predicted molar refractivity (Wildman–Crippen MR) is 135 cm³/mol. The SMILES string of the molecule is Cc1ccc2sc(Cn3nc(CC(=O)OCC4[C@@H](O)[C@H](O)O[C@H](CO)[C@H]4O)c4cscc4c3=O)nc2c1. The molecular weight excluding hydrogens is 522 g/mol. The van der Waals surface area contributed by atoms with E-state index < -0.39 is 49.7 Å². The number of thiazole rings is 1. The first kappa shape index (κ1) is 25.9. The molecule has 0 spiro atoms. The number of nitrogens with zero attached hydrogens (tertiary/aromatic N) is 3. The van der Waals surface area contributed by atoms with Crippen LogP contribution in [-0.2, 0) is 27.2 Å². The summed E-state index contributed by atoms with van der Waals surface area (Å²) in [4.78, 5) is 30.4. The molecule has 13 heteroatoms. The highest BCUT2D eigenvalue weighted by molar-refractivity contribution is 7.18. The molecule has 4 heterocycles. The van der Waals surface area contributed by atoms with Crippen LogP contribution in [0, 0.1) is 12.8 Å². The molecule has 5 atom stereocenters. The number of ether oxygens (including phenoxy) is 2. The Kier molecular flexibility index (Phi) is 7.36. The molecule has 196 valence electrons. The molecule has 0 aliphatic carbocycles. The third-order valence-electron chi connectivity index (χ3n) is 6.34. The minimum atomic E-state index is -1.63. The van der Waals surface area contributed by atoms with Gasteiger partial charge in [0.05, 0.1) is 59.5 Å². The first-order valence-electron chi connectivity index (χ1n) is 11.5. The summed E-state index contributed by atoms with van der Waals surface area (Å²) in [5.74, 6) is -1.75. The molecule has 0 saturated carbocycles. The number of aromatic nitrogens is 3. The number of aliphatic hydroxyl groups excluding tert-OH is 4. The number of thiophene rings is 1. The van der Waals surface area contributed by atoms with Gasteiger partial charge < -0.3 is 29.9 Å². The lowest BCUT2D eigenvalue weighted by Gasteiger charge is -2.39. The normalized spacial score (nSPS) is 24.1. The quantitative estimate of drug-likeness (QED) is 0.240. The maximum absolute atomic E-state index is 13.1. The number of benzene rings is 1. The maximum atomic E-state index is 13.1. The van der Waals surface area contributed by atoms with Crippen molar-refractivity contribution < 1.29 is 34.7 Å². The number of hydrogen-bond donors (Lipinski definition) is 4. The van der Waals surface area contributed by atoms with E-state index in [-0.39, 0.29) is 18.5 Å². The highest BCUT2D eigenvalue weighted by Crippen LogP contribution is 2.27. The fourth-order valence-electron chi connectivity index (χ4n) is 4.34. The van der Waals surface area contributed by atoms with Crippen molar-refractivity contribution >= 4 is 49.6 Å². The van der Waals surface area contributed by atoms with Gasteiger partial charge in [0, 0.05) is 16.1 Å². The minimum Gasteiger partial charge on any atom is -0.465 e. The molecule has 0 bridgehead atoms. The monoisotopic (exact) mass is 547 g/mol. The topological polar surface area (TPSA) is 164 Å². The number of esters is 1. The van der Waals surface area contributed by atoms with Crippen molar-refractivity contribution in [2.45, 2.75) is 44.5 Å². The van der Waals surface area contributed by atoms with E-state index in [1.54, 1.807) is 10.8 Å². The summed E-state index contributed by atoms with van der Waals surface area (Å²) in [7, 11) is 0. The molecule has 1 aromatic carbocycles. The van der Waals surface area contributed by atoms with E-state index >= 15 is 0 Å². The van der Waals surface area contributed by atoms with Crippen LogP contribution >= 0.6 is 22.7 Å². The zero-order chi connectivity index (χ0) is 26.3. The van der Waals surface area contributed by atoms with Crippen LogP contribution in [-0.4, -0.2) is 79.0 Å². The van der Waals surface area contributed by atoms with Gasteiger partial charge >= 0.3 is 5.97 Å². The Balaban J connectivity index is 1.35. The summed E-state index contributed by atoms with van der Waals surface area (Å²) < 4.78 is 12.5. The molecule has 4 N–H and O–H groups in total. The van der Waals surface area contributed by atoms with Gasteiger partial charge in [-0.2, -0.15) is 16.4 Å². The van der Waals surface area contributed by atoms with Crippen molar-refractivity contribution in [1.82, 2.24) is 14.8 Å². The Morgan fingerprint density at radius 1 is 1.19 bits per heavy atom. The van der Waals surface area contributed by atoms with Crippen molar-refractivity contribution in [3.8, 4) is 0 Å². The lowest BCUT2D eigenvalue weighted by Crippen LogP contribution is -2.56. The first-order chi connectivity index (χ1) is 17.7. The standard InChI is InChI=1S/C24H25N3O8S2/c1-11-2-3-18-16(4-11)25-19(37-18)6-27-23(32)14-10-36-9-13(14)15(26-27)5-20(29)34-8-12-21(30)17(7-28)35-24(33)22(12)31/h2-4,9-10,12,17,21-22,24,28,30-31,33H,5-8H2,1H3/t12?,17-,21+,22-,24-/m1/s1. The second kappa shape index (κ2) is 10.5. The molecule has 1 aliphatic heterocycles. The molecule has 11 nitrogen and oxygen atoms in total. The minimum absolute atomic E-state index is 0.145. The van der Waals surface area contributed by atoms with Gasteiger partial charge in [0.2, 0.25) is 0 Å². The van der Waals surface area contributed by atoms with Crippen LogP contribution < -0.4 is 5.56 Å². The number of aryl methyl sites for hydroxylation is 1. The Morgan fingerprint density at radius 3 is 2.76 bits per heavy atom. The number of hydrogen-bond acceptors (Lipinski definition) is 12. The van der Waals surface area contributed by atoms with Crippen LogP contribution in [0.15, 0.2) is 33.8 Å². The molecule has 1 unspecified atom stereocenters. The summed E-state index contributed by atoms with van der Waals surface area (Å²) in [5, 5.41) is 49.2. The summed E-state index contributed by atoms with van der Waals surface area (Å²) in [5.41, 5.74) is 1.99. The van der Waals surface area contributed by atoms with Crippen molar-refractivity contribution in [2.75, 3.05) is 13.2 Å². The van der Waals surface area contributed by atoms with Crippen LogP contribution in [0.3, 0.4) is 0 Å². The van der Waals surface area contributed by atoms with E-state index in [1.165, 1.54) is 27.4 Å². The Labute approximate surface area is 218 Å². The molecule has 3 aromatic heterocycles. The number of carbonyl (C=O) groups excluding carboxylic acids is 1. The van der Waals surface area contributed by atoms with Gasteiger partial charge in [-0.05, 0) is 24.6 Å². The van der Waals surface area contributed by atoms with Crippen LogP contribution in [0.5, 0.6) is 0 Å². The lowest BCUT2D eigenvalue weighted by molar-refractivity contribution is -0.278. The molecule has 37 heavy (non-hydrogen) atoms. The fourth-order valence-corrected chi connectivity index (χ4v) is 6.10. The maximum Gasteiger partial charge on any atom is 0.311 e. The van der Waals surface area contributed by atoms with Gasteiger partial charge in [-0.3, -0.25) is 9.59 Å². The van der Waals surface area contributed by atoms with Crippen LogP contribution in [0.25, 0.3) is 21.0 Å². The summed E-state index contributed by atoms with van der Waals surface area (Å²) >= 11 is 2.79. The molecule has 5 rings (SSSR count). The van der Waals surface area contributed by atoms with Crippen LogP contribution in [0.1, 0.15) is 16.3 Å². The Morgan fingerprint density at radius 2 is 1.97 bits per heavy atom. The Bertz CT molecular complexity index is 1500. The number of aliphatic hydroxyl groups is 4. The van der Waals surface area contributed by atoms with Crippen LogP contribution in [0.4, 0.5) is 0 Å². The highest BCUT2D eigenvalue weighted by atomic mass is 32.1. The van der Waals surface area contributed by atoms with Gasteiger partial charge in [0.1, 0.15) is 17.2 Å². The smallest absolute Gasteiger partial charge is 0.311 e. The second-order valence-electron chi connectivity index (χ2n) is 8.94. The Hall–Kier alpha value is -2.78. The predicted octanol–water partition coefficient (Wildman–Crippen LogP) is 0.558. The van der Waals surface area contributed by atoms with E-state index in [0.717, 1.165) is 15.8 Å². The first-order valence-corrected chi connectivity index (χ1v) is 13.3. The van der Waals surface area contributed by atoms with Crippen molar-refractivity contribution in [1.29, 1.82) is 0 Å². The molecule has 4 aromatic rings. The average molecular weight is 548 g/mol. The largest absolute Gasteiger partial charge is 0.465 e. The second-order valence-corrected chi connectivity index (χ2v) is 10.8. The fraction of sp³-hybridized carbons (Fsp3) is 0.417. The van der Waals surface area contributed by atoms with Gasteiger partial charge in [0.25, 0.3) is 5.56 Å². The van der Waals surface area contributed by atoms with E-state index in [0.29, 0.717) is 21.5 Å². The van der Waals surface area contributed by atoms with Crippen molar-refractivity contribution in [3.63, 3.8) is 0 Å². The summed E-state index contributed by atoms with van der Waals surface area (Å²) in [6, 6.07) is 5.96. The number of carbonyl (C=O) groups is 1. The van der Waals surface area contributed by atoms with Gasteiger partial charge in [-0.25, -0.2) is 9.67 Å². The lowest BCUT2D eigenvalue weighted by atomic mass is 9.90. The third kappa shape index (κ3) is 5.16. The number of fused-ring (bicyclic) bond motifs is 2. The van der Waals surface area contributed by atoms with Gasteiger partial charge in [0.15, 0.2) is 6.29 Å². The summed E-state index contributed by atoms with van der Waals surface area (Å²) in [6.45, 7) is 1.14. The van der Waals surface area contributed by atoms with E-state index in [2.05, 4.69) is 10.1 Å². The van der Waals surface area contributed by atoms with Crippen molar-refractivity contribution in [3.05, 3.63) is 55.6 Å². The summed E-state index contributed by atoms with van der Waals surface area (Å²) in [6.07, 6.45) is -5.87. The molecule has 1 fully saturated rings. The van der Waals surface area contributed by atoms with Crippen LogP contribution in [0.2, 0.25) is 0 Å². The average Bonchev–Trinajstić information content (AvgIpc) is 3.51. The van der Waals surface area contributed by atoms with E-state index in [9.17, 15) is 30.0 Å². The van der Waals surface area contributed by atoms with Gasteiger partial charge in [-0.15, -0.1) is 11.3 Å². The van der Waals surface area contributed by atoms with E-state index in [4.69, 9.17) is 9.47 Å². The molecule has 1 aliphatic rings. The molecule has 1 saturated heterocycles. The number of rotatable bonds is 7. The third-order valence-corrected chi connectivity index (χ3v) is 8.11. The molecule has 0 radical (unpaired) electrons. The zero-order valence-electron chi connectivity index (χ0n) is 19.7.